The highest BCUT2D eigenvalue weighted by Crippen LogP contribution is 2.33. The van der Waals surface area contributed by atoms with E-state index in [1.807, 2.05) is 42.5 Å². The van der Waals surface area contributed by atoms with Gasteiger partial charge in [-0.05, 0) is 36.6 Å². The summed E-state index contributed by atoms with van der Waals surface area (Å²) in [6.07, 6.45) is -0.361. The molecule has 2 N–H and O–H groups in total. The van der Waals surface area contributed by atoms with Crippen molar-refractivity contribution in [1.29, 1.82) is 5.26 Å². The summed E-state index contributed by atoms with van der Waals surface area (Å²) in [5.41, 5.74) is 2.47. The normalized spacial score (nSPS) is 10.1. The second-order valence-electron chi connectivity index (χ2n) is 6.06. The average Bonchev–Trinajstić information content (AvgIpc) is 2.70. The van der Waals surface area contributed by atoms with E-state index in [0.29, 0.717) is 16.9 Å². The molecule has 3 rings (SSSR count). The Morgan fingerprint density at radius 2 is 1.89 bits per heavy atom. The largest absolute Gasteiger partial charge is 0.466 e. The van der Waals surface area contributed by atoms with Crippen LogP contribution < -0.4 is 10.6 Å². The number of rotatable bonds is 6. The molecular weight excluding hydrogens is 354 g/mol. The second kappa shape index (κ2) is 8.69. The highest BCUT2D eigenvalue weighted by molar-refractivity contribution is 6.10. The van der Waals surface area contributed by atoms with Crippen LogP contribution in [-0.2, 0) is 14.3 Å². The molecule has 0 heterocycles. The van der Waals surface area contributed by atoms with Gasteiger partial charge < -0.3 is 15.4 Å². The van der Waals surface area contributed by atoms with Gasteiger partial charge in [0.1, 0.15) is 6.42 Å². The third kappa shape index (κ3) is 4.46. The van der Waals surface area contributed by atoms with Crippen molar-refractivity contribution in [2.75, 3.05) is 17.2 Å². The fourth-order valence-corrected chi connectivity index (χ4v) is 2.86. The zero-order valence-electron chi connectivity index (χ0n) is 15.4. The number of fused-ring (bicyclic) bond motifs is 1. The summed E-state index contributed by atoms with van der Waals surface area (Å²) >= 11 is 0. The molecule has 0 atom stereocenters. The van der Waals surface area contributed by atoms with E-state index < -0.39 is 11.9 Å². The number of hydrogen-bond acceptors (Lipinski definition) is 5. The van der Waals surface area contributed by atoms with E-state index in [1.54, 1.807) is 25.1 Å². The van der Waals surface area contributed by atoms with E-state index in [9.17, 15) is 9.59 Å². The molecule has 0 unspecified atom stereocenters. The molecule has 0 fully saturated rings. The van der Waals surface area contributed by atoms with Crippen LogP contribution in [-0.4, -0.2) is 18.5 Å². The molecule has 0 aliphatic heterocycles. The van der Waals surface area contributed by atoms with Crippen LogP contribution in [0.2, 0.25) is 0 Å². The van der Waals surface area contributed by atoms with Gasteiger partial charge in [-0.1, -0.05) is 36.4 Å². The first kappa shape index (κ1) is 18.9. The molecule has 28 heavy (non-hydrogen) atoms. The monoisotopic (exact) mass is 373 g/mol. The number of amides is 1. The number of nitrogens with zero attached hydrogens (tertiary/aromatic N) is 1. The van der Waals surface area contributed by atoms with Crippen molar-refractivity contribution in [2.45, 2.75) is 13.3 Å². The standard InChI is InChI=1S/C22H19N3O3/c1-2-28-21(27)13-20(26)25-22-18-9-4-3-7-16(18)10-11-19(22)24-17-8-5-6-15(12-17)14-23/h3-12,24H,2,13H2,1H3,(H,25,26). The SMILES string of the molecule is CCOC(=O)CC(=O)Nc1c(Nc2cccc(C#N)c2)ccc2ccccc12. The summed E-state index contributed by atoms with van der Waals surface area (Å²) < 4.78 is 4.84. The number of ether oxygens (including phenoxy) is 1. The maximum atomic E-state index is 12.4. The van der Waals surface area contributed by atoms with Crippen molar-refractivity contribution < 1.29 is 14.3 Å². The third-order valence-corrected chi connectivity index (χ3v) is 4.07. The van der Waals surface area contributed by atoms with Gasteiger partial charge in [-0.2, -0.15) is 5.26 Å². The predicted molar refractivity (Wildman–Crippen MR) is 108 cm³/mol. The topological polar surface area (TPSA) is 91.2 Å². The summed E-state index contributed by atoms with van der Waals surface area (Å²) in [6.45, 7) is 1.92. The maximum absolute atomic E-state index is 12.4. The highest BCUT2D eigenvalue weighted by Gasteiger charge is 2.15. The number of benzene rings is 3. The van der Waals surface area contributed by atoms with Crippen LogP contribution in [0.15, 0.2) is 60.7 Å². The molecule has 0 spiro atoms. The van der Waals surface area contributed by atoms with E-state index in [2.05, 4.69) is 16.7 Å². The van der Waals surface area contributed by atoms with Crippen molar-refractivity contribution in [3.8, 4) is 6.07 Å². The lowest BCUT2D eigenvalue weighted by Gasteiger charge is -2.16. The number of nitrogens with one attached hydrogen (secondary N) is 2. The lowest BCUT2D eigenvalue weighted by atomic mass is 10.1. The Labute approximate surface area is 162 Å². The smallest absolute Gasteiger partial charge is 0.315 e. The molecule has 0 radical (unpaired) electrons. The number of anilines is 3. The van der Waals surface area contributed by atoms with Crippen LogP contribution in [0.3, 0.4) is 0 Å². The maximum Gasteiger partial charge on any atom is 0.315 e. The molecule has 0 saturated heterocycles. The van der Waals surface area contributed by atoms with Crippen LogP contribution in [0, 0.1) is 11.3 Å². The fourth-order valence-electron chi connectivity index (χ4n) is 2.86. The molecular formula is C22H19N3O3. The van der Waals surface area contributed by atoms with Crippen LogP contribution in [0.4, 0.5) is 17.1 Å². The molecule has 1 amide bonds. The van der Waals surface area contributed by atoms with Gasteiger partial charge in [-0.3, -0.25) is 9.59 Å². The van der Waals surface area contributed by atoms with E-state index in [4.69, 9.17) is 10.00 Å². The molecule has 0 bridgehead atoms. The quantitative estimate of drug-likeness (QED) is 0.495. The van der Waals surface area contributed by atoms with Crippen molar-refractivity contribution in [1.82, 2.24) is 0 Å². The van der Waals surface area contributed by atoms with Crippen molar-refractivity contribution in [3.63, 3.8) is 0 Å². The Morgan fingerprint density at radius 3 is 2.68 bits per heavy atom. The van der Waals surface area contributed by atoms with Crippen LogP contribution in [0.25, 0.3) is 10.8 Å². The molecule has 0 aromatic heterocycles. The van der Waals surface area contributed by atoms with E-state index in [-0.39, 0.29) is 13.0 Å². The number of hydrogen-bond donors (Lipinski definition) is 2. The summed E-state index contributed by atoms with van der Waals surface area (Å²) in [6, 6.07) is 20.6. The van der Waals surface area contributed by atoms with Gasteiger partial charge in [-0.25, -0.2) is 0 Å². The number of nitriles is 1. The van der Waals surface area contributed by atoms with Crippen molar-refractivity contribution in [3.05, 3.63) is 66.2 Å². The highest BCUT2D eigenvalue weighted by atomic mass is 16.5. The lowest BCUT2D eigenvalue weighted by molar-refractivity contribution is -0.145. The number of carbonyl (C=O) groups excluding carboxylic acids is 2. The molecule has 6 heteroatoms. The average molecular weight is 373 g/mol. The Morgan fingerprint density at radius 1 is 1.07 bits per heavy atom. The molecule has 3 aromatic carbocycles. The van der Waals surface area contributed by atoms with Gasteiger partial charge >= 0.3 is 5.97 Å². The Kier molecular flexibility index (Phi) is 5.87. The third-order valence-electron chi connectivity index (χ3n) is 4.07. The zero-order chi connectivity index (χ0) is 19.9. The molecule has 0 saturated carbocycles. The summed E-state index contributed by atoms with van der Waals surface area (Å²) in [4.78, 5) is 24.0. The molecule has 0 aliphatic rings. The molecule has 140 valence electrons. The predicted octanol–water partition coefficient (Wildman–Crippen LogP) is 4.35. The van der Waals surface area contributed by atoms with Crippen LogP contribution in [0.5, 0.6) is 0 Å². The van der Waals surface area contributed by atoms with Crippen LogP contribution in [0.1, 0.15) is 18.9 Å². The van der Waals surface area contributed by atoms with Gasteiger partial charge in [0.15, 0.2) is 0 Å². The van der Waals surface area contributed by atoms with E-state index >= 15 is 0 Å². The Balaban J connectivity index is 1.95. The van der Waals surface area contributed by atoms with Crippen molar-refractivity contribution >= 4 is 39.7 Å². The fraction of sp³-hybridized carbons (Fsp3) is 0.136. The lowest BCUT2D eigenvalue weighted by Crippen LogP contribution is -2.19. The van der Waals surface area contributed by atoms with E-state index in [1.165, 1.54) is 0 Å². The van der Waals surface area contributed by atoms with Gasteiger partial charge in [-0.15, -0.1) is 0 Å². The zero-order valence-corrected chi connectivity index (χ0v) is 15.4. The Bertz CT molecular complexity index is 1070. The summed E-state index contributed by atoms with van der Waals surface area (Å²) in [7, 11) is 0. The van der Waals surface area contributed by atoms with E-state index in [0.717, 1.165) is 16.5 Å². The molecule has 6 nitrogen and oxygen atoms in total. The summed E-state index contributed by atoms with van der Waals surface area (Å²) in [5, 5.41) is 16.9. The minimum absolute atomic E-state index is 0.225. The van der Waals surface area contributed by atoms with Gasteiger partial charge in [0, 0.05) is 11.1 Å². The second-order valence-corrected chi connectivity index (χ2v) is 6.06. The van der Waals surface area contributed by atoms with Crippen molar-refractivity contribution in [2.24, 2.45) is 0 Å². The minimum atomic E-state index is -0.573. The number of esters is 1. The molecule has 3 aromatic rings. The summed E-state index contributed by atoms with van der Waals surface area (Å²) in [5.74, 6) is -1.03. The first-order valence-corrected chi connectivity index (χ1v) is 8.85. The first-order chi connectivity index (χ1) is 13.6. The van der Waals surface area contributed by atoms with Crippen LogP contribution >= 0.6 is 0 Å². The minimum Gasteiger partial charge on any atom is -0.466 e. The number of carbonyl (C=O) groups is 2. The van der Waals surface area contributed by atoms with Gasteiger partial charge in [0.05, 0.1) is 29.6 Å². The van der Waals surface area contributed by atoms with Gasteiger partial charge in [0.2, 0.25) is 5.91 Å². The first-order valence-electron chi connectivity index (χ1n) is 8.85. The Hall–Kier alpha value is -3.85. The molecule has 0 aliphatic carbocycles. The van der Waals surface area contributed by atoms with Gasteiger partial charge in [0.25, 0.3) is 0 Å².